The zero-order valence-electron chi connectivity index (χ0n) is 14.8. The van der Waals surface area contributed by atoms with Gasteiger partial charge in [-0.2, -0.15) is 14.6 Å². The van der Waals surface area contributed by atoms with Gasteiger partial charge in [0, 0.05) is 30.6 Å². The molecule has 5 aromatic rings. The van der Waals surface area contributed by atoms with Crippen molar-refractivity contribution < 1.29 is 0 Å². The first-order valence-electron chi connectivity index (χ1n) is 8.53. The highest BCUT2D eigenvalue weighted by Crippen LogP contribution is 2.31. The Bertz CT molecular complexity index is 1250. The maximum absolute atomic E-state index is 4.61. The van der Waals surface area contributed by atoms with E-state index in [1.165, 1.54) is 18.1 Å². The molecule has 0 spiro atoms. The lowest BCUT2D eigenvalue weighted by Gasteiger charge is -2.07. The Kier molecular flexibility index (Phi) is 4.06. The van der Waals surface area contributed by atoms with E-state index in [9.17, 15) is 0 Å². The van der Waals surface area contributed by atoms with Gasteiger partial charge in [0.25, 0.3) is 5.78 Å². The van der Waals surface area contributed by atoms with E-state index in [1.807, 2.05) is 60.1 Å². The quantitative estimate of drug-likeness (QED) is 0.439. The zero-order valence-corrected chi connectivity index (χ0v) is 15.7. The number of hydrogen-bond acceptors (Lipinski definition) is 7. The van der Waals surface area contributed by atoms with Crippen molar-refractivity contribution >= 4 is 17.5 Å². The molecule has 0 aliphatic rings. The van der Waals surface area contributed by atoms with E-state index in [2.05, 4.69) is 30.2 Å². The topological polar surface area (TPSA) is 86.7 Å². The van der Waals surface area contributed by atoms with Crippen molar-refractivity contribution in [3.63, 3.8) is 0 Å². The van der Waals surface area contributed by atoms with Gasteiger partial charge in [-0.25, -0.2) is 4.98 Å². The number of rotatable bonds is 4. The molecule has 4 aromatic heterocycles. The minimum absolute atomic E-state index is 0.542. The monoisotopic (exact) mass is 386 g/mol. The Morgan fingerprint density at radius 1 is 0.929 bits per heavy atom. The zero-order chi connectivity index (χ0) is 18.9. The Morgan fingerprint density at radius 3 is 2.57 bits per heavy atom. The average Bonchev–Trinajstić information content (AvgIpc) is 3.36. The number of benzene rings is 1. The molecule has 0 amide bonds. The van der Waals surface area contributed by atoms with Crippen molar-refractivity contribution in [2.24, 2.45) is 7.05 Å². The summed E-state index contributed by atoms with van der Waals surface area (Å²) < 4.78 is 3.66. The van der Waals surface area contributed by atoms with Crippen LogP contribution < -0.4 is 0 Å². The summed E-state index contributed by atoms with van der Waals surface area (Å²) >= 11 is 1.47. The molecular formula is C19H14N8S. The molecule has 136 valence electrons. The predicted molar refractivity (Wildman–Crippen MR) is 105 cm³/mol. The fraction of sp³-hybridized carbons (Fsp3) is 0.0526. The van der Waals surface area contributed by atoms with E-state index >= 15 is 0 Å². The molecule has 5 rings (SSSR count). The van der Waals surface area contributed by atoms with Crippen LogP contribution in [0.5, 0.6) is 0 Å². The molecule has 0 fully saturated rings. The Labute approximate surface area is 164 Å². The average molecular weight is 386 g/mol. The van der Waals surface area contributed by atoms with Crippen LogP contribution in [0.2, 0.25) is 0 Å². The molecular weight excluding hydrogens is 372 g/mol. The van der Waals surface area contributed by atoms with Crippen LogP contribution in [0.4, 0.5) is 0 Å². The highest BCUT2D eigenvalue weighted by Gasteiger charge is 2.16. The smallest absolute Gasteiger partial charge is 0.253 e. The van der Waals surface area contributed by atoms with Gasteiger partial charge in [-0.3, -0.25) is 4.98 Å². The second-order valence-electron chi connectivity index (χ2n) is 6.02. The summed E-state index contributed by atoms with van der Waals surface area (Å²) in [4.78, 5) is 12.9. The molecule has 0 radical (unpaired) electrons. The van der Waals surface area contributed by atoms with Crippen molar-refractivity contribution in [1.29, 1.82) is 0 Å². The van der Waals surface area contributed by atoms with Gasteiger partial charge in [0.05, 0.1) is 5.69 Å². The van der Waals surface area contributed by atoms with Gasteiger partial charge in [0.1, 0.15) is 11.4 Å². The van der Waals surface area contributed by atoms with E-state index in [0.717, 1.165) is 32.8 Å². The first kappa shape index (κ1) is 16.6. The van der Waals surface area contributed by atoms with Crippen molar-refractivity contribution in [3.05, 3.63) is 67.3 Å². The Hall–Kier alpha value is -3.59. The molecule has 1 aromatic carbocycles. The summed E-state index contributed by atoms with van der Waals surface area (Å²) in [5, 5.41) is 14.6. The fourth-order valence-corrected chi connectivity index (χ4v) is 3.74. The van der Waals surface area contributed by atoms with E-state index in [4.69, 9.17) is 0 Å². The molecule has 0 bridgehead atoms. The van der Waals surface area contributed by atoms with Gasteiger partial charge in [0.15, 0.2) is 11.0 Å². The first-order valence-corrected chi connectivity index (χ1v) is 9.35. The normalized spacial score (nSPS) is 11.2. The Morgan fingerprint density at radius 2 is 1.75 bits per heavy atom. The summed E-state index contributed by atoms with van der Waals surface area (Å²) in [7, 11) is 1.94. The van der Waals surface area contributed by atoms with Crippen LogP contribution in [0.15, 0.2) is 77.4 Å². The minimum atomic E-state index is 0.542. The van der Waals surface area contributed by atoms with Gasteiger partial charge in [-0.05, 0) is 30.0 Å². The van der Waals surface area contributed by atoms with Gasteiger partial charge >= 0.3 is 0 Å². The fourth-order valence-electron chi connectivity index (χ4n) is 2.86. The number of nitrogens with zero attached hydrogens (tertiary/aromatic N) is 8. The first-order chi connectivity index (χ1) is 13.8. The second kappa shape index (κ2) is 6.86. The third-order valence-electron chi connectivity index (χ3n) is 4.26. The van der Waals surface area contributed by atoms with E-state index < -0.39 is 0 Å². The molecule has 0 aliphatic carbocycles. The summed E-state index contributed by atoms with van der Waals surface area (Å²) in [6, 6.07) is 15.8. The standard InChI is InChI=1S/C19H14N8S/c1-26-17(14-7-9-20-10-8-14)24-25-19(26)28-16-11-15(13-5-3-2-4-6-13)23-18-21-12-22-27(16)18/h2-12H,1H3. The van der Waals surface area contributed by atoms with Crippen LogP contribution >= 0.6 is 11.8 Å². The van der Waals surface area contributed by atoms with Crippen molar-refractivity contribution in [2.75, 3.05) is 0 Å². The van der Waals surface area contributed by atoms with Crippen LogP contribution in [0.1, 0.15) is 0 Å². The summed E-state index contributed by atoms with van der Waals surface area (Å²) in [6.07, 6.45) is 4.98. The van der Waals surface area contributed by atoms with Crippen LogP contribution in [0.25, 0.3) is 28.4 Å². The number of aromatic nitrogens is 8. The van der Waals surface area contributed by atoms with E-state index in [1.54, 1.807) is 16.9 Å². The molecule has 0 saturated heterocycles. The molecule has 0 aliphatic heterocycles. The molecule has 8 nitrogen and oxygen atoms in total. The molecule has 0 atom stereocenters. The van der Waals surface area contributed by atoms with Gasteiger partial charge in [-0.15, -0.1) is 10.2 Å². The Balaban J connectivity index is 1.57. The maximum atomic E-state index is 4.61. The molecule has 0 N–H and O–H groups in total. The highest BCUT2D eigenvalue weighted by molar-refractivity contribution is 7.99. The van der Waals surface area contributed by atoms with Crippen molar-refractivity contribution in [2.45, 2.75) is 10.2 Å². The molecule has 9 heteroatoms. The van der Waals surface area contributed by atoms with Gasteiger partial charge in [0.2, 0.25) is 0 Å². The van der Waals surface area contributed by atoms with Gasteiger partial charge < -0.3 is 4.57 Å². The highest BCUT2D eigenvalue weighted by atomic mass is 32.2. The number of hydrogen-bond donors (Lipinski definition) is 0. The van der Waals surface area contributed by atoms with Crippen molar-refractivity contribution in [1.82, 2.24) is 39.3 Å². The molecule has 0 unspecified atom stereocenters. The lowest BCUT2D eigenvalue weighted by Crippen LogP contribution is -2.00. The van der Waals surface area contributed by atoms with E-state index in [0.29, 0.717) is 5.78 Å². The molecule has 4 heterocycles. The second-order valence-corrected chi connectivity index (χ2v) is 7.01. The molecule has 0 saturated carbocycles. The summed E-state index contributed by atoms with van der Waals surface area (Å²) in [5.74, 6) is 1.32. The predicted octanol–water partition coefficient (Wildman–Crippen LogP) is 3.13. The van der Waals surface area contributed by atoms with Crippen LogP contribution in [-0.2, 0) is 7.05 Å². The van der Waals surface area contributed by atoms with Crippen LogP contribution in [-0.4, -0.2) is 39.3 Å². The maximum Gasteiger partial charge on any atom is 0.253 e. The SMILES string of the molecule is Cn1c(Sc2cc(-c3ccccc3)nc3ncnn23)nnc1-c1ccncc1. The lowest BCUT2D eigenvalue weighted by molar-refractivity contribution is 0.783. The van der Waals surface area contributed by atoms with Crippen molar-refractivity contribution in [3.8, 4) is 22.6 Å². The third-order valence-corrected chi connectivity index (χ3v) is 5.30. The summed E-state index contributed by atoms with van der Waals surface area (Å²) in [6.45, 7) is 0. The minimum Gasteiger partial charge on any atom is -0.305 e. The number of pyridine rings is 1. The largest absolute Gasteiger partial charge is 0.305 e. The van der Waals surface area contributed by atoms with E-state index in [-0.39, 0.29) is 0 Å². The lowest BCUT2D eigenvalue weighted by atomic mass is 10.1. The molecule has 28 heavy (non-hydrogen) atoms. The van der Waals surface area contributed by atoms with Crippen LogP contribution in [0.3, 0.4) is 0 Å². The van der Waals surface area contributed by atoms with Crippen LogP contribution in [0, 0.1) is 0 Å². The number of fused-ring (bicyclic) bond motifs is 1. The van der Waals surface area contributed by atoms with Gasteiger partial charge in [-0.1, -0.05) is 30.3 Å². The third kappa shape index (κ3) is 2.91. The summed E-state index contributed by atoms with van der Waals surface area (Å²) in [5.41, 5.74) is 2.81.